The van der Waals surface area contributed by atoms with Crippen molar-refractivity contribution in [1.82, 2.24) is 9.80 Å². The Hall–Kier alpha value is -2.79. The standard InChI is InChI=1S/C24H26N2O3/c1-28-21-9-5-8-18-15-22(29-23(18)21)24(27)26-13-12-25(19-10-11-19)16-20(26)14-17-6-3-2-4-7-17/h2-9,15,19-20H,10-14,16H2,1H3. The lowest BCUT2D eigenvalue weighted by Crippen LogP contribution is -2.56. The van der Waals surface area contributed by atoms with Crippen LogP contribution in [0, 0.1) is 0 Å². The molecule has 1 aliphatic heterocycles. The van der Waals surface area contributed by atoms with E-state index >= 15 is 0 Å². The minimum Gasteiger partial charge on any atom is -0.493 e. The minimum absolute atomic E-state index is 0.0281. The molecule has 2 heterocycles. The molecule has 0 spiro atoms. The maximum absolute atomic E-state index is 13.4. The molecule has 3 aromatic rings. The Balaban J connectivity index is 1.43. The van der Waals surface area contributed by atoms with E-state index in [1.54, 1.807) is 7.11 Å². The number of fused-ring (bicyclic) bond motifs is 1. The first-order valence-corrected chi connectivity index (χ1v) is 10.4. The molecule has 5 nitrogen and oxygen atoms in total. The second-order valence-electron chi connectivity index (χ2n) is 8.06. The van der Waals surface area contributed by atoms with Crippen molar-refractivity contribution in [2.24, 2.45) is 0 Å². The van der Waals surface area contributed by atoms with Crippen molar-refractivity contribution >= 4 is 16.9 Å². The molecular formula is C24H26N2O3. The van der Waals surface area contributed by atoms with Crippen molar-refractivity contribution < 1.29 is 13.9 Å². The second-order valence-corrected chi connectivity index (χ2v) is 8.06. The van der Waals surface area contributed by atoms with Gasteiger partial charge in [-0.25, -0.2) is 0 Å². The predicted molar refractivity (Wildman–Crippen MR) is 112 cm³/mol. The van der Waals surface area contributed by atoms with Crippen LogP contribution in [0.15, 0.2) is 59.0 Å². The summed E-state index contributed by atoms with van der Waals surface area (Å²) in [5.41, 5.74) is 1.90. The molecular weight excluding hydrogens is 364 g/mol. The summed E-state index contributed by atoms with van der Waals surface area (Å²) in [5, 5.41) is 0.893. The molecule has 1 aromatic heterocycles. The molecule has 150 valence electrons. The summed E-state index contributed by atoms with van der Waals surface area (Å²) in [7, 11) is 1.62. The van der Waals surface area contributed by atoms with E-state index in [2.05, 4.69) is 29.2 Å². The number of carbonyl (C=O) groups is 1. The first kappa shape index (κ1) is 18.3. The summed E-state index contributed by atoms with van der Waals surface area (Å²) < 4.78 is 11.3. The number of benzene rings is 2. The third-order valence-corrected chi connectivity index (χ3v) is 6.09. The van der Waals surface area contributed by atoms with Crippen molar-refractivity contribution in [2.75, 3.05) is 26.7 Å². The van der Waals surface area contributed by atoms with E-state index < -0.39 is 0 Å². The van der Waals surface area contributed by atoms with Gasteiger partial charge in [0.25, 0.3) is 5.91 Å². The molecule has 5 heteroatoms. The number of para-hydroxylation sites is 1. The average Bonchev–Trinajstić information content (AvgIpc) is 3.51. The Bertz CT molecular complexity index is 1010. The smallest absolute Gasteiger partial charge is 0.289 e. The summed E-state index contributed by atoms with van der Waals surface area (Å²) in [6, 6.07) is 18.9. The number of hydrogen-bond donors (Lipinski definition) is 0. The van der Waals surface area contributed by atoms with E-state index in [-0.39, 0.29) is 11.9 Å². The quantitative estimate of drug-likeness (QED) is 0.661. The van der Waals surface area contributed by atoms with Crippen molar-refractivity contribution in [3.8, 4) is 5.75 Å². The van der Waals surface area contributed by atoms with Crippen LogP contribution in [0.2, 0.25) is 0 Å². The zero-order chi connectivity index (χ0) is 19.8. The maximum Gasteiger partial charge on any atom is 0.289 e. The molecule has 0 bridgehead atoms. The van der Waals surface area contributed by atoms with E-state index in [0.29, 0.717) is 23.1 Å². The van der Waals surface area contributed by atoms with Crippen molar-refractivity contribution in [3.63, 3.8) is 0 Å². The zero-order valence-electron chi connectivity index (χ0n) is 16.7. The van der Waals surface area contributed by atoms with Gasteiger partial charge in [-0.05, 0) is 37.0 Å². The summed E-state index contributed by atoms with van der Waals surface area (Å²) >= 11 is 0. The van der Waals surface area contributed by atoms with Crippen molar-refractivity contribution in [1.29, 1.82) is 0 Å². The van der Waals surface area contributed by atoms with Gasteiger partial charge in [-0.3, -0.25) is 9.69 Å². The molecule has 1 saturated heterocycles. The van der Waals surface area contributed by atoms with Crippen molar-refractivity contribution in [2.45, 2.75) is 31.3 Å². The fraction of sp³-hybridized carbons (Fsp3) is 0.375. The number of piperazine rings is 1. The number of nitrogens with zero attached hydrogens (tertiary/aromatic N) is 2. The van der Waals surface area contributed by atoms with E-state index in [1.807, 2.05) is 35.2 Å². The van der Waals surface area contributed by atoms with Gasteiger partial charge in [0, 0.05) is 37.1 Å². The number of ether oxygens (including phenoxy) is 1. The summed E-state index contributed by atoms with van der Waals surface area (Å²) in [4.78, 5) is 18.0. The highest BCUT2D eigenvalue weighted by molar-refractivity contribution is 5.97. The predicted octanol–water partition coefficient (Wildman–Crippen LogP) is 3.97. The van der Waals surface area contributed by atoms with Crippen LogP contribution in [0.1, 0.15) is 29.0 Å². The normalized spacial score (nSPS) is 20.2. The maximum atomic E-state index is 13.4. The lowest BCUT2D eigenvalue weighted by molar-refractivity contribution is 0.0411. The molecule has 29 heavy (non-hydrogen) atoms. The molecule has 1 atom stereocenters. The molecule has 1 saturated carbocycles. The third-order valence-electron chi connectivity index (χ3n) is 6.09. The highest BCUT2D eigenvalue weighted by atomic mass is 16.5. The highest BCUT2D eigenvalue weighted by Crippen LogP contribution is 2.32. The first-order valence-electron chi connectivity index (χ1n) is 10.4. The Kier molecular flexibility index (Phi) is 4.76. The largest absolute Gasteiger partial charge is 0.493 e. The second kappa shape index (κ2) is 7.56. The van der Waals surface area contributed by atoms with Gasteiger partial charge in [-0.15, -0.1) is 0 Å². The summed E-state index contributed by atoms with van der Waals surface area (Å²) in [5.74, 6) is 1.02. The lowest BCUT2D eigenvalue weighted by Gasteiger charge is -2.41. The Labute approximate surface area is 170 Å². The molecule has 1 unspecified atom stereocenters. The topological polar surface area (TPSA) is 45.9 Å². The number of methoxy groups -OCH3 is 1. The van der Waals surface area contributed by atoms with Crippen LogP contribution >= 0.6 is 0 Å². The van der Waals surface area contributed by atoms with Crippen LogP contribution in [-0.2, 0) is 6.42 Å². The van der Waals surface area contributed by atoms with Gasteiger partial charge < -0.3 is 14.1 Å². The van der Waals surface area contributed by atoms with Crippen LogP contribution in [-0.4, -0.2) is 54.5 Å². The molecule has 2 aliphatic rings. The summed E-state index contributed by atoms with van der Waals surface area (Å²) in [6.07, 6.45) is 3.43. The fourth-order valence-electron chi connectivity index (χ4n) is 4.42. The molecule has 2 fully saturated rings. The number of rotatable bonds is 5. The van der Waals surface area contributed by atoms with Gasteiger partial charge in [-0.2, -0.15) is 0 Å². The number of furan rings is 1. The van der Waals surface area contributed by atoms with Crippen LogP contribution in [0.25, 0.3) is 11.0 Å². The fourth-order valence-corrected chi connectivity index (χ4v) is 4.42. The average molecular weight is 390 g/mol. The molecule has 0 radical (unpaired) electrons. The minimum atomic E-state index is -0.0281. The first-order chi connectivity index (χ1) is 14.2. The van der Waals surface area contributed by atoms with Crippen LogP contribution in [0.5, 0.6) is 5.75 Å². The molecule has 1 amide bonds. The van der Waals surface area contributed by atoms with Crippen LogP contribution in [0.3, 0.4) is 0 Å². The van der Waals surface area contributed by atoms with Crippen molar-refractivity contribution in [3.05, 3.63) is 65.9 Å². The van der Waals surface area contributed by atoms with E-state index in [1.165, 1.54) is 18.4 Å². The monoisotopic (exact) mass is 390 g/mol. The van der Waals surface area contributed by atoms with Crippen LogP contribution in [0.4, 0.5) is 0 Å². The Morgan fingerprint density at radius 3 is 2.69 bits per heavy atom. The Morgan fingerprint density at radius 1 is 1.10 bits per heavy atom. The van der Waals surface area contributed by atoms with Gasteiger partial charge in [0.1, 0.15) is 0 Å². The summed E-state index contributed by atoms with van der Waals surface area (Å²) in [6.45, 7) is 2.60. The highest BCUT2D eigenvalue weighted by Gasteiger charge is 2.38. The van der Waals surface area contributed by atoms with E-state index in [0.717, 1.165) is 31.4 Å². The van der Waals surface area contributed by atoms with Gasteiger partial charge >= 0.3 is 0 Å². The molecule has 0 N–H and O–H groups in total. The SMILES string of the molecule is COc1cccc2cc(C(=O)N3CCN(C4CC4)CC3Cc3ccccc3)oc12. The van der Waals surface area contributed by atoms with Gasteiger partial charge in [0.2, 0.25) is 0 Å². The van der Waals surface area contributed by atoms with E-state index in [4.69, 9.17) is 9.15 Å². The number of amides is 1. The van der Waals surface area contributed by atoms with Gasteiger partial charge in [-0.1, -0.05) is 42.5 Å². The van der Waals surface area contributed by atoms with Gasteiger partial charge in [0.15, 0.2) is 17.1 Å². The number of hydrogen-bond acceptors (Lipinski definition) is 4. The lowest BCUT2D eigenvalue weighted by atomic mass is 10.0. The molecule has 2 aromatic carbocycles. The molecule has 1 aliphatic carbocycles. The Morgan fingerprint density at radius 2 is 1.93 bits per heavy atom. The zero-order valence-corrected chi connectivity index (χ0v) is 16.7. The van der Waals surface area contributed by atoms with E-state index in [9.17, 15) is 4.79 Å². The van der Waals surface area contributed by atoms with Gasteiger partial charge in [0.05, 0.1) is 7.11 Å². The third kappa shape index (κ3) is 3.62. The number of carbonyl (C=O) groups excluding carboxylic acids is 1. The molecule has 5 rings (SSSR count). The van der Waals surface area contributed by atoms with Crippen LogP contribution < -0.4 is 4.74 Å².